The second kappa shape index (κ2) is 6.49. The van der Waals surface area contributed by atoms with Gasteiger partial charge in [-0.25, -0.2) is 4.98 Å². The van der Waals surface area contributed by atoms with Crippen LogP contribution in [0.1, 0.15) is 12.7 Å². The lowest BCUT2D eigenvalue weighted by atomic mass is 10.3. The molecule has 0 spiro atoms. The first kappa shape index (κ1) is 15.2. The number of hydrogen-bond donors (Lipinski definition) is 1. The number of aromatic nitrogens is 2. The molecule has 0 fully saturated rings. The van der Waals surface area contributed by atoms with Gasteiger partial charge in [-0.2, -0.15) is 4.98 Å². The van der Waals surface area contributed by atoms with Crippen molar-refractivity contribution in [2.45, 2.75) is 13.3 Å². The van der Waals surface area contributed by atoms with E-state index in [0.29, 0.717) is 22.5 Å². The van der Waals surface area contributed by atoms with E-state index in [4.69, 9.17) is 4.74 Å². The van der Waals surface area contributed by atoms with Crippen molar-refractivity contribution in [3.05, 3.63) is 44.7 Å². The van der Waals surface area contributed by atoms with Crippen molar-refractivity contribution in [2.24, 2.45) is 0 Å². The van der Waals surface area contributed by atoms with Gasteiger partial charge in [0.1, 0.15) is 11.6 Å². The summed E-state index contributed by atoms with van der Waals surface area (Å²) in [4.78, 5) is 19.0. The van der Waals surface area contributed by atoms with Crippen LogP contribution in [-0.4, -0.2) is 21.9 Å². The predicted octanol–water partition coefficient (Wildman–Crippen LogP) is 3.54. The van der Waals surface area contributed by atoms with Gasteiger partial charge in [-0.15, -0.1) is 0 Å². The summed E-state index contributed by atoms with van der Waals surface area (Å²) >= 11 is 3.26. The molecule has 2 rings (SSSR count). The molecule has 0 aliphatic heterocycles. The van der Waals surface area contributed by atoms with Gasteiger partial charge in [-0.05, 0) is 22.0 Å². The minimum absolute atomic E-state index is 0.116. The van der Waals surface area contributed by atoms with Crippen LogP contribution in [0.25, 0.3) is 0 Å². The highest BCUT2D eigenvalue weighted by molar-refractivity contribution is 9.10. The minimum Gasteiger partial charge on any atom is -0.430 e. The number of anilines is 1. The maximum atomic E-state index is 11.1. The molecule has 0 aliphatic rings. The molecule has 110 valence electrons. The van der Waals surface area contributed by atoms with E-state index in [0.717, 1.165) is 0 Å². The number of nitrogens with zero attached hydrogens (tertiary/aromatic N) is 3. The van der Waals surface area contributed by atoms with Crippen molar-refractivity contribution in [1.29, 1.82) is 0 Å². The molecule has 0 saturated carbocycles. The number of aryl methyl sites for hydroxylation is 1. The highest BCUT2D eigenvalue weighted by Crippen LogP contribution is 2.37. The van der Waals surface area contributed by atoms with Crippen molar-refractivity contribution in [3.63, 3.8) is 0 Å². The zero-order valence-corrected chi connectivity index (χ0v) is 13.0. The fraction of sp³-hybridized carbons (Fsp3) is 0.231. The van der Waals surface area contributed by atoms with Crippen LogP contribution < -0.4 is 10.1 Å². The molecule has 0 unspecified atom stereocenters. The summed E-state index contributed by atoms with van der Waals surface area (Å²) in [6.07, 6.45) is 0.629. The Bertz CT molecular complexity index is 656. The summed E-state index contributed by atoms with van der Waals surface area (Å²) in [5, 5.41) is 14.0. The van der Waals surface area contributed by atoms with E-state index in [2.05, 4.69) is 31.2 Å². The number of rotatable bonds is 5. The molecule has 2 aromatic rings. The molecule has 0 atom stereocenters. The normalized spacial score (nSPS) is 10.2. The molecule has 21 heavy (non-hydrogen) atoms. The van der Waals surface area contributed by atoms with Crippen LogP contribution in [0.3, 0.4) is 0 Å². The second-order valence-electron chi connectivity index (χ2n) is 4.06. The van der Waals surface area contributed by atoms with E-state index in [-0.39, 0.29) is 17.3 Å². The van der Waals surface area contributed by atoms with Gasteiger partial charge in [0.2, 0.25) is 11.6 Å². The lowest BCUT2D eigenvalue weighted by Gasteiger charge is -2.09. The average molecular weight is 353 g/mol. The standard InChI is InChI=1S/C13H13BrN4O3/c1-3-10-16-11(15-2)7-12(17-10)21-13-8(14)5-4-6-9(13)18(19)20/h4-7H,3H2,1-2H3,(H,15,16,17). The van der Waals surface area contributed by atoms with E-state index in [1.807, 2.05) is 6.92 Å². The molecule has 8 heteroatoms. The minimum atomic E-state index is -0.499. The van der Waals surface area contributed by atoms with E-state index in [9.17, 15) is 10.1 Å². The molecular formula is C13H13BrN4O3. The molecule has 0 saturated heterocycles. The van der Waals surface area contributed by atoms with E-state index in [1.54, 1.807) is 25.2 Å². The number of nitro benzene ring substituents is 1. The summed E-state index contributed by atoms with van der Waals surface area (Å²) in [6.45, 7) is 1.92. The fourth-order valence-corrected chi connectivity index (χ4v) is 2.09. The SMILES string of the molecule is CCc1nc(NC)cc(Oc2c(Br)cccc2[N+](=O)[O-])n1. The Balaban J connectivity index is 2.45. The number of hydrogen-bond acceptors (Lipinski definition) is 6. The summed E-state index contributed by atoms with van der Waals surface area (Å²) in [5.41, 5.74) is -0.132. The quantitative estimate of drug-likeness (QED) is 0.653. The molecule has 0 amide bonds. The van der Waals surface area contributed by atoms with Gasteiger partial charge in [0.25, 0.3) is 0 Å². The number of para-hydroxylation sites is 1. The Labute approximate surface area is 129 Å². The molecule has 0 bridgehead atoms. The summed E-state index contributed by atoms with van der Waals surface area (Å²) < 4.78 is 6.09. The first-order chi connectivity index (χ1) is 10.0. The van der Waals surface area contributed by atoms with Crippen LogP contribution in [0.4, 0.5) is 11.5 Å². The molecule has 1 aromatic heterocycles. The van der Waals surface area contributed by atoms with Gasteiger partial charge >= 0.3 is 5.69 Å². The van der Waals surface area contributed by atoms with Gasteiger partial charge < -0.3 is 10.1 Å². The van der Waals surface area contributed by atoms with Crippen LogP contribution in [0.5, 0.6) is 11.6 Å². The predicted molar refractivity (Wildman–Crippen MR) is 81.8 cm³/mol. The van der Waals surface area contributed by atoms with Crippen molar-refractivity contribution >= 4 is 27.4 Å². The lowest BCUT2D eigenvalue weighted by Crippen LogP contribution is -2.02. The third kappa shape index (κ3) is 3.46. The van der Waals surface area contributed by atoms with E-state index in [1.165, 1.54) is 6.07 Å². The van der Waals surface area contributed by atoms with Crippen LogP contribution in [0.2, 0.25) is 0 Å². The zero-order chi connectivity index (χ0) is 15.4. The van der Waals surface area contributed by atoms with Crippen molar-refractivity contribution < 1.29 is 9.66 Å². The molecule has 7 nitrogen and oxygen atoms in total. The highest BCUT2D eigenvalue weighted by atomic mass is 79.9. The largest absolute Gasteiger partial charge is 0.430 e. The van der Waals surface area contributed by atoms with Crippen LogP contribution in [-0.2, 0) is 6.42 Å². The summed E-state index contributed by atoms with van der Waals surface area (Å²) in [5.74, 6) is 1.55. The number of halogens is 1. The van der Waals surface area contributed by atoms with Crippen LogP contribution >= 0.6 is 15.9 Å². The van der Waals surface area contributed by atoms with Gasteiger partial charge in [0, 0.05) is 25.6 Å². The smallest absolute Gasteiger partial charge is 0.312 e. The maximum absolute atomic E-state index is 11.1. The Morgan fingerprint density at radius 2 is 2.19 bits per heavy atom. The highest BCUT2D eigenvalue weighted by Gasteiger charge is 2.19. The maximum Gasteiger partial charge on any atom is 0.312 e. The summed E-state index contributed by atoms with van der Waals surface area (Å²) in [6, 6.07) is 6.21. The van der Waals surface area contributed by atoms with Crippen LogP contribution in [0.15, 0.2) is 28.7 Å². The van der Waals surface area contributed by atoms with Crippen LogP contribution in [0, 0.1) is 10.1 Å². The Kier molecular flexibility index (Phi) is 4.69. The first-order valence-electron chi connectivity index (χ1n) is 6.21. The Morgan fingerprint density at radius 3 is 2.81 bits per heavy atom. The third-order valence-electron chi connectivity index (χ3n) is 2.67. The lowest BCUT2D eigenvalue weighted by molar-refractivity contribution is -0.385. The van der Waals surface area contributed by atoms with Crippen molar-refractivity contribution in [2.75, 3.05) is 12.4 Å². The van der Waals surface area contributed by atoms with E-state index >= 15 is 0 Å². The number of ether oxygens (including phenoxy) is 1. The number of nitro groups is 1. The van der Waals surface area contributed by atoms with Gasteiger partial charge in [0.15, 0.2) is 0 Å². The zero-order valence-electron chi connectivity index (χ0n) is 11.5. The van der Waals surface area contributed by atoms with Gasteiger partial charge in [0.05, 0.1) is 9.40 Å². The monoisotopic (exact) mass is 352 g/mol. The third-order valence-corrected chi connectivity index (χ3v) is 3.30. The first-order valence-corrected chi connectivity index (χ1v) is 7.01. The van der Waals surface area contributed by atoms with Crippen molar-refractivity contribution in [1.82, 2.24) is 9.97 Å². The average Bonchev–Trinajstić information content (AvgIpc) is 2.48. The summed E-state index contributed by atoms with van der Waals surface area (Å²) in [7, 11) is 1.73. The van der Waals surface area contributed by atoms with Crippen molar-refractivity contribution in [3.8, 4) is 11.6 Å². The molecule has 0 radical (unpaired) electrons. The second-order valence-corrected chi connectivity index (χ2v) is 4.91. The van der Waals surface area contributed by atoms with E-state index < -0.39 is 4.92 Å². The Morgan fingerprint density at radius 1 is 1.43 bits per heavy atom. The fourth-order valence-electron chi connectivity index (χ4n) is 1.66. The van der Waals surface area contributed by atoms with Gasteiger partial charge in [-0.1, -0.05) is 13.0 Å². The molecule has 0 aliphatic carbocycles. The molecule has 1 aromatic carbocycles. The molecule has 1 heterocycles. The topological polar surface area (TPSA) is 90.2 Å². The molecule has 1 N–H and O–H groups in total. The number of benzene rings is 1. The number of nitrogens with one attached hydrogen (secondary N) is 1. The van der Waals surface area contributed by atoms with Gasteiger partial charge in [-0.3, -0.25) is 10.1 Å². The molecular weight excluding hydrogens is 340 g/mol. The Hall–Kier alpha value is -2.22.